The molecule has 1 aliphatic heterocycles. The molecular formula is C19H27B2BrN2O2. The summed E-state index contributed by atoms with van der Waals surface area (Å²) in [6, 6.07) is 6.93. The SMILES string of the molecule is BC1(B)OC(N)=NC12c1cc(Br)ccc1C[C@@]21C[C@@H](C)[C@H](OC)[C@@H](C)C1. The third kappa shape index (κ3) is 2.22. The van der Waals surface area contributed by atoms with Gasteiger partial charge >= 0.3 is 0 Å². The van der Waals surface area contributed by atoms with Crippen LogP contribution in [0.15, 0.2) is 27.7 Å². The molecule has 5 atom stereocenters. The van der Waals surface area contributed by atoms with E-state index < -0.39 is 10.9 Å². The maximum atomic E-state index is 6.16. The van der Waals surface area contributed by atoms with E-state index in [1.165, 1.54) is 11.1 Å². The molecule has 138 valence electrons. The summed E-state index contributed by atoms with van der Waals surface area (Å²) in [7, 11) is 6.13. The Morgan fingerprint density at radius 2 is 1.92 bits per heavy atom. The molecule has 0 bridgehead atoms. The molecule has 7 heteroatoms. The molecule has 0 aromatic heterocycles. The number of benzene rings is 1. The van der Waals surface area contributed by atoms with E-state index in [0.717, 1.165) is 23.7 Å². The van der Waals surface area contributed by atoms with Gasteiger partial charge in [0.05, 0.1) is 11.5 Å². The van der Waals surface area contributed by atoms with Crippen molar-refractivity contribution in [1.29, 1.82) is 0 Å². The van der Waals surface area contributed by atoms with Gasteiger partial charge < -0.3 is 15.2 Å². The van der Waals surface area contributed by atoms with Gasteiger partial charge in [0, 0.05) is 17.0 Å². The molecule has 1 unspecified atom stereocenters. The second kappa shape index (κ2) is 5.78. The monoisotopic (exact) mass is 416 g/mol. The van der Waals surface area contributed by atoms with Gasteiger partial charge in [-0.1, -0.05) is 35.8 Å². The topological polar surface area (TPSA) is 56.8 Å². The molecule has 1 aromatic carbocycles. The predicted molar refractivity (Wildman–Crippen MR) is 113 cm³/mol. The fraction of sp³-hybridized carbons (Fsp3) is 0.632. The van der Waals surface area contributed by atoms with Crippen molar-refractivity contribution < 1.29 is 9.47 Å². The first-order valence-corrected chi connectivity index (χ1v) is 10.3. The maximum absolute atomic E-state index is 6.16. The largest absolute Gasteiger partial charge is 0.475 e. The van der Waals surface area contributed by atoms with Crippen LogP contribution in [-0.2, 0) is 21.4 Å². The number of hydrogen-bond acceptors (Lipinski definition) is 4. The van der Waals surface area contributed by atoms with Crippen molar-refractivity contribution in [2.45, 2.75) is 50.2 Å². The van der Waals surface area contributed by atoms with Gasteiger partial charge in [0.25, 0.3) is 6.02 Å². The lowest BCUT2D eigenvalue weighted by atomic mass is 9.43. The first kappa shape index (κ1) is 18.4. The fourth-order valence-electron chi connectivity index (χ4n) is 6.63. The van der Waals surface area contributed by atoms with Crippen molar-refractivity contribution in [1.82, 2.24) is 0 Å². The highest BCUT2D eigenvalue weighted by Crippen LogP contribution is 2.66. The van der Waals surface area contributed by atoms with E-state index in [1.807, 2.05) is 7.11 Å². The standard InChI is InChI=1S/C19H27B2BrN2O2/c1-10-7-17(8-11(2)15(10)25-3)9-12-4-5-13(22)6-14(12)18(17)19(20,21)26-16(23)24-18/h4-6,10-11,15H,7-9,20-21H2,1-3H3,(H2,23,24)/t10-,11+,15+,17+,18?. The third-order valence-corrected chi connectivity index (χ3v) is 7.58. The Hall–Kier alpha value is -0.940. The highest BCUT2D eigenvalue weighted by molar-refractivity contribution is 9.10. The number of nitrogens with two attached hydrogens (primary N) is 1. The highest BCUT2D eigenvalue weighted by atomic mass is 79.9. The minimum atomic E-state index is -0.484. The summed E-state index contributed by atoms with van der Waals surface area (Å²) in [6.45, 7) is 4.63. The number of aliphatic imine (C=N–C) groups is 1. The first-order chi connectivity index (χ1) is 12.2. The number of ether oxygens (including phenoxy) is 2. The van der Waals surface area contributed by atoms with Gasteiger partial charge in [-0.2, -0.15) is 0 Å². The second-order valence-electron chi connectivity index (χ2n) is 9.09. The Kier molecular flexibility index (Phi) is 4.09. The molecule has 0 radical (unpaired) electrons. The summed E-state index contributed by atoms with van der Waals surface area (Å²) < 4.78 is 13.0. The fourth-order valence-corrected chi connectivity index (χ4v) is 6.99. The van der Waals surface area contributed by atoms with Crippen LogP contribution in [0.3, 0.4) is 0 Å². The first-order valence-electron chi connectivity index (χ1n) is 9.52. The quantitative estimate of drug-likeness (QED) is 0.706. The molecular weight excluding hydrogens is 390 g/mol. The molecule has 0 amide bonds. The lowest BCUT2D eigenvalue weighted by Gasteiger charge is -2.54. The van der Waals surface area contributed by atoms with Crippen LogP contribution in [0.25, 0.3) is 0 Å². The average Bonchev–Trinajstić information content (AvgIpc) is 2.92. The Bertz CT molecular complexity index is 773. The lowest BCUT2D eigenvalue weighted by Crippen LogP contribution is -2.61. The molecule has 3 aliphatic rings. The van der Waals surface area contributed by atoms with E-state index in [-0.39, 0.29) is 5.41 Å². The van der Waals surface area contributed by atoms with Gasteiger partial charge in [0.15, 0.2) is 15.7 Å². The van der Waals surface area contributed by atoms with Crippen molar-refractivity contribution in [3.63, 3.8) is 0 Å². The van der Waals surface area contributed by atoms with Gasteiger partial charge in [-0.05, 0) is 54.4 Å². The summed E-state index contributed by atoms with van der Waals surface area (Å²) in [5.74, 6) is 0.928. The Labute approximate surface area is 166 Å². The summed E-state index contributed by atoms with van der Waals surface area (Å²) >= 11 is 3.66. The van der Waals surface area contributed by atoms with Crippen LogP contribution >= 0.6 is 15.9 Å². The van der Waals surface area contributed by atoms with E-state index in [2.05, 4.69) is 63.7 Å². The summed E-state index contributed by atoms with van der Waals surface area (Å²) in [6.07, 6.45) is 3.43. The van der Waals surface area contributed by atoms with Crippen LogP contribution in [0.4, 0.5) is 0 Å². The molecule has 1 aromatic rings. The highest BCUT2D eigenvalue weighted by Gasteiger charge is 2.69. The zero-order valence-corrected chi connectivity index (χ0v) is 17.9. The smallest absolute Gasteiger partial charge is 0.282 e. The molecule has 1 saturated carbocycles. The van der Waals surface area contributed by atoms with Crippen molar-refractivity contribution in [3.8, 4) is 0 Å². The lowest BCUT2D eigenvalue weighted by molar-refractivity contribution is -0.0865. The van der Waals surface area contributed by atoms with Crippen LogP contribution in [-0.4, -0.2) is 40.3 Å². The van der Waals surface area contributed by atoms with Crippen LogP contribution < -0.4 is 5.73 Å². The number of amidine groups is 1. The molecule has 1 fully saturated rings. The maximum Gasteiger partial charge on any atom is 0.282 e. The van der Waals surface area contributed by atoms with Gasteiger partial charge in [-0.3, -0.25) is 0 Å². The van der Waals surface area contributed by atoms with Gasteiger partial charge in [0.2, 0.25) is 0 Å². The second-order valence-corrected chi connectivity index (χ2v) is 10.0. The molecule has 2 spiro atoms. The summed E-state index contributed by atoms with van der Waals surface area (Å²) in [4.78, 5) is 5.06. The molecule has 26 heavy (non-hydrogen) atoms. The van der Waals surface area contributed by atoms with Crippen molar-refractivity contribution in [3.05, 3.63) is 33.8 Å². The van der Waals surface area contributed by atoms with E-state index >= 15 is 0 Å². The van der Waals surface area contributed by atoms with Crippen LogP contribution in [0.1, 0.15) is 37.8 Å². The summed E-state index contributed by atoms with van der Waals surface area (Å²) in [5, 5.41) is -0.484. The zero-order chi connectivity index (χ0) is 18.9. The Morgan fingerprint density at radius 1 is 1.27 bits per heavy atom. The van der Waals surface area contributed by atoms with Crippen LogP contribution in [0.2, 0.25) is 0 Å². The molecule has 0 saturated heterocycles. The summed E-state index contributed by atoms with van der Waals surface area (Å²) in [5.41, 5.74) is 8.35. The van der Waals surface area contributed by atoms with E-state index in [1.54, 1.807) is 0 Å². The predicted octanol–water partition coefficient (Wildman–Crippen LogP) is 1.53. The molecule has 2 aliphatic carbocycles. The van der Waals surface area contributed by atoms with Crippen molar-refractivity contribution in [2.24, 2.45) is 28.0 Å². The third-order valence-electron chi connectivity index (χ3n) is 7.09. The Balaban J connectivity index is 1.94. The van der Waals surface area contributed by atoms with E-state index in [0.29, 0.717) is 24.0 Å². The van der Waals surface area contributed by atoms with Gasteiger partial charge in [0.1, 0.15) is 5.54 Å². The number of fused-ring (bicyclic) bond motifs is 3. The minimum Gasteiger partial charge on any atom is -0.475 e. The number of methoxy groups -OCH3 is 1. The molecule has 2 N–H and O–H groups in total. The van der Waals surface area contributed by atoms with Gasteiger partial charge in [-0.15, -0.1) is 0 Å². The van der Waals surface area contributed by atoms with Crippen LogP contribution in [0.5, 0.6) is 0 Å². The minimum absolute atomic E-state index is 0.00535. The van der Waals surface area contributed by atoms with E-state index in [4.69, 9.17) is 20.2 Å². The number of halogens is 1. The van der Waals surface area contributed by atoms with E-state index in [9.17, 15) is 0 Å². The molecule has 1 heterocycles. The number of rotatable bonds is 1. The van der Waals surface area contributed by atoms with Crippen LogP contribution in [0, 0.1) is 17.3 Å². The van der Waals surface area contributed by atoms with Gasteiger partial charge in [-0.25, -0.2) is 4.99 Å². The average molecular weight is 417 g/mol. The molecule has 4 rings (SSSR count). The zero-order valence-electron chi connectivity index (χ0n) is 16.3. The normalized spacial score (nSPS) is 40.5. The molecule has 4 nitrogen and oxygen atoms in total. The Morgan fingerprint density at radius 3 is 2.46 bits per heavy atom. The van der Waals surface area contributed by atoms with Crippen molar-refractivity contribution in [2.75, 3.05) is 7.11 Å². The van der Waals surface area contributed by atoms with Crippen molar-refractivity contribution >= 4 is 37.6 Å². The number of hydrogen-bond donors (Lipinski definition) is 1. The number of nitrogens with zero attached hydrogens (tertiary/aromatic N) is 1.